The van der Waals surface area contributed by atoms with Crippen molar-refractivity contribution in [3.63, 3.8) is 0 Å². The van der Waals surface area contributed by atoms with Gasteiger partial charge in [0.2, 0.25) is 0 Å². The van der Waals surface area contributed by atoms with Crippen LogP contribution in [0.3, 0.4) is 0 Å². The van der Waals surface area contributed by atoms with E-state index < -0.39 is 0 Å². The highest BCUT2D eigenvalue weighted by molar-refractivity contribution is 5.88. The van der Waals surface area contributed by atoms with Crippen molar-refractivity contribution in [3.05, 3.63) is 89.3 Å². The van der Waals surface area contributed by atoms with Crippen molar-refractivity contribution < 1.29 is 9.47 Å². The average Bonchev–Trinajstić information content (AvgIpc) is 2.73. The van der Waals surface area contributed by atoms with Crippen LogP contribution >= 0.6 is 0 Å². The Hall–Kier alpha value is -3.00. The summed E-state index contributed by atoms with van der Waals surface area (Å²) >= 11 is 0. The maximum atomic E-state index is 6.34. The highest BCUT2D eigenvalue weighted by Gasteiger charge is 2.14. The van der Waals surface area contributed by atoms with E-state index >= 15 is 0 Å². The van der Waals surface area contributed by atoms with Crippen LogP contribution < -0.4 is 15.2 Å². The summed E-state index contributed by atoms with van der Waals surface area (Å²) in [5, 5.41) is 4.61. The summed E-state index contributed by atoms with van der Waals surface area (Å²) in [6.45, 7) is 10.8. The van der Waals surface area contributed by atoms with E-state index in [1.807, 2.05) is 18.2 Å². The Kier molecular flexibility index (Phi) is 7.13. The second kappa shape index (κ2) is 9.97. The molecular weight excluding hydrogens is 356 g/mol. The summed E-state index contributed by atoms with van der Waals surface area (Å²) in [7, 11) is 0. The van der Waals surface area contributed by atoms with Gasteiger partial charge in [-0.3, -0.25) is 0 Å². The van der Waals surface area contributed by atoms with Crippen LogP contribution in [0, 0.1) is 0 Å². The third-order valence-corrected chi connectivity index (χ3v) is 4.73. The molecule has 3 aromatic carbocycles. The Balaban J connectivity index is 2.24. The molecule has 0 atom stereocenters. The fraction of sp³-hybridized carbons (Fsp3) is 0.259. The maximum absolute atomic E-state index is 6.34. The van der Waals surface area contributed by atoms with E-state index in [2.05, 4.69) is 81.9 Å². The third kappa shape index (κ3) is 5.08. The number of fused-ring (bicyclic) bond motifs is 1. The first-order chi connectivity index (χ1) is 14.1. The molecule has 0 unspecified atom stereocenters. The highest BCUT2D eigenvalue weighted by Crippen LogP contribution is 2.31. The van der Waals surface area contributed by atoms with Crippen molar-refractivity contribution in [1.29, 1.82) is 0 Å². The van der Waals surface area contributed by atoms with Crippen LogP contribution in [0.5, 0.6) is 5.75 Å². The molecule has 0 aliphatic heterocycles. The molecule has 0 bridgehead atoms. The molecule has 0 amide bonds. The van der Waals surface area contributed by atoms with E-state index in [1.165, 1.54) is 16.3 Å². The molecule has 3 rings (SSSR count). The SMILES string of the molecule is C=C/C=c1/cccc/c1=C(\Cc1c(OCCC)ccc2ccccc12)OC(C)C. The first kappa shape index (κ1) is 20.7. The minimum atomic E-state index is 0.0803. The van der Waals surface area contributed by atoms with Gasteiger partial charge in [-0.05, 0) is 42.3 Å². The number of ether oxygens (including phenoxy) is 2. The summed E-state index contributed by atoms with van der Waals surface area (Å²) in [4.78, 5) is 0. The van der Waals surface area contributed by atoms with Gasteiger partial charge in [-0.15, -0.1) is 0 Å². The average molecular weight is 387 g/mol. The van der Waals surface area contributed by atoms with Crippen molar-refractivity contribution in [2.45, 2.75) is 39.7 Å². The summed E-state index contributed by atoms with van der Waals surface area (Å²) in [6, 6.07) is 21.0. The molecule has 0 fully saturated rings. The largest absolute Gasteiger partial charge is 0.494 e. The summed E-state index contributed by atoms with van der Waals surface area (Å²) in [5.74, 6) is 1.88. The molecule has 0 N–H and O–H groups in total. The van der Waals surface area contributed by atoms with E-state index in [4.69, 9.17) is 9.47 Å². The molecule has 0 heterocycles. The zero-order chi connectivity index (χ0) is 20.6. The Morgan fingerprint density at radius 3 is 2.52 bits per heavy atom. The van der Waals surface area contributed by atoms with Crippen LogP contribution in [-0.4, -0.2) is 12.7 Å². The highest BCUT2D eigenvalue weighted by atomic mass is 16.5. The molecule has 0 saturated heterocycles. The predicted octanol–water partition coefficient (Wildman–Crippen LogP) is 5.37. The lowest BCUT2D eigenvalue weighted by Crippen LogP contribution is -2.29. The minimum Gasteiger partial charge on any atom is -0.494 e. The van der Waals surface area contributed by atoms with Crippen LogP contribution in [0.2, 0.25) is 0 Å². The molecule has 29 heavy (non-hydrogen) atoms. The molecule has 150 valence electrons. The standard InChI is InChI=1S/C27H30O2/c1-5-11-21-12-8-10-15-24(21)27(29-20(3)4)19-25-23-14-9-7-13-22(23)16-17-26(25)28-18-6-2/h5,7-17,20H,1,6,18-19H2,2-4H3/b21-11-,27-24-. The van der Waals surface area contributed by atoms with Gasteiger partial charge in [0.05, 0.1) is 12.7 Å². The Morgan fingerprint density at radius 1 is 1.00 bits per heavy atom. The molecule has 0 aliphatic carbocycles. The molecule has 0 spiro atoms. The summed E-state index contributed by atoms with van der Waals surface area (Å²) < 4.78 is 12.5. The molecule has 0 radical (unpaired) electrons. The van der Waals surface area contributed by atoms with Gasteiger partial charge in [-0.1, -0.05) is 80.3 Å². The van der Waals surface area contributed by atoms with E-state index in [1.54, 1.807) is 0 Å². The van der Waals surface area contributed by atoms with Gasteiger partial charge in [0.15, 0.2) is 0 Å². The van der Waals surface area contributed by atoms with Crippen molar-refractivity contribution in [2.75, 3.05) is 6.61 Å². The minimum absolute atomic E-state index is 0.0803. The molecule has 3 aromatic rings. The maximum Gasteiger partial charge on any atom is 0.123 e. The molecular formula is C27H30O2. The van der Waals surface area contributed by atoms with E-state index in [9.17, 15) is 0 Å². The van der Waals surface area contributed by atoms with E-state index in [0.717, 1.165) is 28.4 Å². The monoisotopic (exact) mass is 386 g/mol. The zero-order valence-electron chi connectivity index (χ0n) is 17.7. The normalized spacial score (nSPS) is 12.9. The Labute approximate surface area is 173 Å². The molecule has 0 aliphatic rings. The molecule has 2 heteroatoms. The molecule has 0 saturated carbocycles. The van der Waals surface area contributed by atoms with Crippen molar-refractivity contribution in [3.8, 4) is 5.75 Å². The number of hydrogen-bond donors (Lipinski definition) is 0. The topological polar surface area (TPSA) is 18.5 Å². The van der Waals surface area contributed by atoms with Gasteiger partial charge in [0.1, 0.15) is 11.5 Å². The van der Waals surface area contributed by atoms with Crippen LogP contribution in [0.15, 0.2) is 73.3 Å². The van der Waals surface area contributed by atoms with Crippen molar-refractivity contribution in [1.82, 2.24) is 0 Å². The zero-order valence-corrected chi connectivity index (χ0v) is 17.7. The lowest BCUT2D eigenvalue weighted by molar-refractivity contribution is 0.193. The van der Waals surface area contributed by atoms with Gasteiger partial charge in [0.25, 0.3) is 0 Å². The lowest BCUT2D eigenvalue weighted by atomic mass is 9.99. The quantitative estimate of drug-likeness (QED) is 0.518. The summed E-state index contributed by atoms with van der Waals surface area (Å²) in [6.07, 6.45) is 5.57. The first-order valence-electron chi connectivity index (χ1n) is 10.3. The van der Waals surface area contributed by atoms with Gasteiger partial charge < -0.3 is 9.47 Å². The van der Waals surface area contributed by atoms with Crippen molar-refractivity contribution in [2.24, 2.45) is 0 Å². The van der Waals surface area contributed by atoms with Gasteiger partial charge >= 0.3 is 0 Å². The Bertz CT molecular complexity index is 1090. The lowest BCUT2D eigenvalue weighted by Gasteiger charge is -2.18. The molecule has 2 nitrogen and oxygen atoms in total. The first-order valence-corrected chi connectivity index (χ1v) is 10.3. The second-order valence-electron chi connectivity index (χ2n) is 7.37. The van der Waals surface area contributed by atoms with E-state index in [0.29, 0.717) is 13.0 Å². The van der Waals surface area contributed by atoms with Gasteiger partial charge in [-0.25, -0.2) is 0 Å². The predicted molar refractivity (Wildman–Crippen MR) is 123 cm³/mol. The number of hydrogen-bond acceptors (Lipinski definition) is 2. The third-order valence-electron chi connectivity index (χ3n) is 4.73. The van der Waals surface area contributed by atoms with Crippen LogP contribution in [-0.2, 0) is 11.2 Å². The van der Waals surface area contributed by atoms with Crippen LogP contribution in [0.25, 0.3) is 22.6 Å². The number of rotatable bonds is 8. The van der Waals surface area contributed by atoms with Crippen molar-refractivity contribution >= 4 is 22.6 Å². The van der Waals surface area contributed by atoms with Crippen LogP contribution in [0.4, 0.5) is 0 Å². The Morgan fingerprint density at radius 2 is 1.76 bits per heavy atom. The van der Waals surface area contributed by atoms with Gasteiger partial charge in [-0.2, -0.15) is 0 Å². The van der Waals surface area contributed by atoms with Crippen LogP contribution in [0.1, 0.15) is 32.8 Å². The fourth-order valence-electron chi connectivity index (χ4n) is 3.51. The smallest absolute Gasteiger partial charge is 0.123 e. The molecule has 0 aromatic heterocycles. The number of allylic oxidation sites excluding steroid dienone is 1. The fourth-order valence-corrected chi connectivity index (χ4v) is 3.51. The number of benzene rings is 3. The second-order valence-corrected chi connectivity index (χ2v) is 7.37. The summed E-state index contributed by atoms with van der Waals surface area (Å²) in [5.41, 5.74) is 1.17. The van der Waals surface area contributed by atoms with Gasteiger partial charge in [0, 0.05) is 17.2 Å². The van der Waals surface area contributed by atoms with E-state index in [-0.39, 0.29) is 6.10 Å².